The molecule has 1 aromatic rings. The van der Waals surface area contributed by atoms with E-state index in [1.807, 2.05) is 19.4 Å². The smallest absolute Gasteiger partial charge is 0.114 e. The number of nitrogens with two attached hydrogens (primary N) is 1. The molecule has 1 aliphatic heterocycles. The highest BCUT2D eigenvalue weighted by Crippen LogP contribution is 2.21. The number of ether oxygens (including phenoxy) is 1. The van der Waals surface area contributed by atoms with Crippen LogP contribution in [0.1, 0.15) is 24.7 Å². The number of hydrogen-bond acceptors (Lipinski definition) is 6. The number of rotatable bonds is 7. The van der Waals surface area contributed by atoms with E-state index in [9.17, 15) is 0 Å². The molecule has 0 saturated carbocycles. The molecule has 1 unspecified atom stereocenters. The Morgan fingerprint density at radius 1 is 1.47 bits per heavy atom. The summed E-state index contributed by atoms with van der Waals surface area (Å²) >= 11 is 1.63. The number of nitrogens with zero attached hydrogens (tertiary/aromatic N) is 3. The van der Waals surface area contributed by atoms with E-state index in [1.54, 1.807) is 11.8 Å². The molecule has 5 nitrogen and oxygen atoms in total. The average Bonchev–Trinajstić information content (AvgIpc) is 2.84. The van der Waals surface area contributed by atoms with Crippen LogP contribution >= 0.6 is 11.8 Å². The van der Waals surface area contributed by atoms with E-state index in [0.717, 1.165) is 49.1 Å². The molecule has 0 aromatic carbocycles. The zero-order valence-corrected chi connectivity index (χ0v) is 12.4. The standard InChI is InChI=1S/C13H22N4OS/c1-3-18-9-10(14)4-5-17-7-11-12(8-17)16-13(19-2)6-15-11/h6,10H,3-5,7-9,14H2,1-2H3. The van der Waals surface area contributed by atoms with Crippen LogP contribution in [0.4, 0.5) is 0 Å². The van der Waals surface area contributed by atoms with Crippen LogP contribution in [0.5, 0.6) is 0 Å². The van der Waals surface area contributed by atoms with Crippen molar-refractivity contribution in [2.45, 2.75) is 37.5 Å². The minimum Gasteiger partial charge on any atom is -0.380 e. The van der Waals surface area contributed by atoms with Crippen LogP contribution in [0.2, 0.25) is 0 Å². The quantitative estimate of drug-likeness (QED) is 0.760. The minimum absolute atomic E-state index is 0.117. The Balaban J connectivity index is 1.80. The van der Waals surface area contributed by atoms with Gasteiger partial charge in [0.15, 0.2) is 0 Å². The Morgan fingerprint density at radius 2 is 2.26 bits per heavy atom. The van der Waals surface area contributed by atoms with Gasteiger partial charge >= 0.3 is 0 Å². The summed E-state index contributed by atoms with van der Waals surface area (Å²) < 4.78 is 5.33. The SMILES string of the molecule is CCOCC(N)CCN1Cc2ncc(SC)nc2C1. The van der Waals surface area contributed by atoms with Gasteiger partial charge in [0.05, 0.1) is 24.2 Å². The van der Waals surface area contributed by atoms with E-state index < -0.39 is 0 Å². The van der Waals surface area contributed by atoms with Gasteiger partial charge in [-0.05, 0) is 19.6 Å². The van der Waals surface area contributed by atoms with Crippen LogP contribution in [-0.2, 0) is 17.8 Å². The maximum Gasteiger partial charge on any atom is 0.114 e. The molecular formula is C13H22N4OS. The lowest BCUT2D eigenvalue weighted by molar-refractivity contribution is 0.125. The lowest BCUT2D eigenvalue weighted by Gasteiger charge is -2.17. The fourth-order valence-electron chi connectivity index (χ4n) is 2.13. The van der Waals surface area contributed by atoms with Crippen molar-refractivity contribution in [3.8, 4) is 0 Å². The molecule has 0 aliphatic carbocycles. The second-order valence-corrected chi connectivity index (χ2v) is 5.55. The van der Waals surface area contributed by atoms with E-state index in [0.29, 0.717) is 6.61 Å². The predicted molar refractivity (Wildman–Crippen MR) is 77.0 cm³/mol. The second kappa shape index (κ2) is 7.19. The summed E-state index contributed by atoms with van der Waals surface area (Å²) in [5.41, 5.74) is 8.23. The molecular weight excluding hydrogens is 260 g/mol. The summed E-state index contributed by atoms with van der Waals surface area (Å²) in [6.45, 7) is 6.11. The van der Waals surface area contributed by atoms with Crippen LogP contribution in [0.15, 0.2) is 11.2 Å². The van der Waals surface area contributed by atoms with E-state index in [-0.39, 0.29) is 6.04 Å². The predicted octanol–water partition coefficient (Wildman–Crippen LogP) is 1.27. The molecule has 0 bridgehead atoms. The van der Waals surface area contributed by atoms with Crippen LogP contribution < -0.4 is 5.73 Å². The molecule has 0 radical (unpaired) electrons. The summed E-state index contributed by atoms with van der Waals surface area (Å²) in [5.74, 6) is 0. The molecule has 2 N–H and O–H groups in total. The lowest BCUT2D eigenvalue weighted by Crippen LogP contribution is -2.31. The fraction of sp³-hybridized carbons (Fsp3) is 0.692. The van der Waals surface area contributed by atoms with Crippen LogP contribution in [-0.4, -0.2) is 46.9 Å². The minimum atomic E-state index is 0.117. The molecule has 1 atom stereocenters. The first kappa shape index (κ1) is 14.7. The van der Waals surface area contributed by atoms with Crippen molar-refractivity contribution >= 4 is 11.8 Å². The Kier molecular flexibility index (Phi) is 5.57. The van der Waals surface area contributed by atoms with Gasteiger partial charge in [0, 0.05) is 32.3 Å². The first-order valence-corrected chi connectivity index (χ1v) is 7.89. The Hall–Kier alpha value is -0.690. The molecule has 19 heavy (non-hydrogen) atoms. The maximum absolute atomic E-state index is 6.00. The summed E-state index contributed by atoms with van der Waals surface area (Å²) in [4.78, 5) is 11.4. The third kappa shape index (κ3) is 4.14. The largest absolute Gasteiger partial charge is 0.380 e. The van der Waals surface area contributed by atoms with Gasteiger partial charge in [-0.3, -0.25) is 9.88 Å². The molecule has 0 fully saturated rings. The fourth-order valence-corrected chi connectivity index (χ4v) is 2.49. The molecule has 0 saturated heterocycles. The number of aromatic nitrogens is 2. The zero-order chi connectivity index (χ0) is 13.7. The average molecular weight is 282 g/mol. The second-order valence-electron chi connectivity index (χ2n) is 4.72. The van der Waals surface area contributed by atoms with E-state index in [1.165, 1.54) is 0 Å². The van der Waals surface area contributed by atoms with Crippen molar-refractivity contribution in [2.24, 2.45) is 5.73 Å². The molecule has 1 aromatic heterocycles. The van der Waals surface area contributed by atoms with Crippen molar-refractivity contribution in [3.05, 3.63) is 17.6 Å². The van der Waals surface area contributed by atoms with E-state index >= 15 is 0 Å². The topological polar surface area (TPSA) is 64.3 Å². The molecule has 6 heteroatoms. The van der Waals surface area contributed by atoms with Gasteiger partial charge in [0.2, 0.25) is 0 Å². The van der Waals surface area contributed by atoms with Crippen molar-refractivity contribution in [2.75, 3.05) is 26.0 Å². The first-order valence-electron chi connectivity index (χ1n) is 6.67. The zero-order valence-electron chi connectivity index (χ0n) is 11.6. The number of hydrogen-bond donors (Lipinski definition) is 1. The first-order chi connectivity index (χ1) is 9.22. The van der Waals surface area contributed by atoms with Gasteiger partial charge in [0.25, 0.3) is 0 Å². The van der Waals surface area contributed by atoms with Crippen LogP contribution in [0, 0.1) is 0 Å². The van der Waals surface area contributed by atoms with Gasteiger partial charge in [-0.2, -0.15) is 0 Å². The Bertz CT molecular complexity index is 416. The number of thioether (sulfide) groups is 1. The molecule has 2 rings (SSSR count). The van der Waals surface area contributed by atoms with Gasteiger partial charge in [0.1, 0.15) is 5.03 Å². The molecule has 0 spiro atoms. The van der Waals surface area contributed by atoms with Crippen molar-refractivity contribution in [1.29, 1.82) is 0 Å². The lowest BCUT2D eigenvalue weighted by atomic mass is 10.2. The molecule has 106 valence electrons. The summed E-state index contributed by atoms with van der Waals surface area (Å²) in [5, 5.41) is 0.994. The van der Waals surface area contributed by atoms with Gasteiger partial charge in [-0.1, -0.05) is 0 Å². The maximum atomic E-state index is 6.00. The molecule has 1 aliphatic rings. The third-order valence-electron chi connectivity index (χ3n) is 3.22. The van der Waals surface area contributed by atoms with E-state index in [4.69, 9.17) is 10.5 Å². The summed E-state index contributed by atoms with van der Waals surface area (Å²) in [7, 11) is 0. The van der Waals surface area contributed by atoms with Crippen molar-refractivity contribution in [1.82, 2.24) is 14.9 Å². The van der Waals surface area contributed by atoms with Crippen molar-refractivity contribution < 1.29 is 4.74 Å². The molecule has 0 amide bonds. The van der Waals surface area contributed by atoms with E-state index in [2.05, 4.69) is 14.9 Å². The summed E-state index contributed by atoms with van der Waals surface area (Å²) in [6, 6.07) is 0.117. The Labute approximate surface area is 118 Å². The molecule has 2 heterocycles. The summed E-state index contributed by atoms with van der Waals surface area (Å²) in [6.07, 6.45) is 4.83. The van der Waals surface area contributed by atoms with Crippen LogP contribution in [0.3, 0.4) is 0 Å². The van der Waals surface area contributed by atoms with Gasteiger partial charge in [-0.15, -0.1) is 11.8 Å². The third-order valence-corrected chi connectivity index (χ3v) is 3.83. The highest BCUT2D eigenvalue weighted by Gasteiger charge is 2.22. The van der Waals surface area contributed by atoms with Gasteiger partial charge in [-0.25, -0.2) is 4.98 Å². The highest BCUT2D eigenvalue weighted by molar-refractivity contribution is 7.98. The van der Waals surface area contributed by atoms with Gasteiger partial charge < -0.3 is 10.5 Å². The normalized spacial score (nSPS) is 16.6. The monoisotopic (exact) mass is 282 g/mol. The van der Waals surface area contributed by atoms with Crippen molar-refractivity contribution in [3.63, 3.8) is 0 Å². The number of fused-ring (bicyclic) bond motifs is 1. The Morgan fingerprint density at radius 3 is 3.00 bits per heavy atom. The highest BCUT2D eigenvalue weighted by atomic mass is 32.2. The van der Waals surface area contributed by atoms with Crippen LogP contribution in [0.25, 0.3) is 0 Å².